The second kappa shape index (κ2) is 10.7. The van der Waals surface area contributed by atoms with E-state index < -0.39 is 31.7 Å². The van der Waals surface area contributed by atoms with Crippen LogP contribution in [0.4, 0.5) is 20.2 Å². The first-order valence-electron chi connectivity index (χ1n) is 11.5. The van der Waals surface area contributed by atoms with E-state index in [2.05, 4.69) is 29.8 Å². The smallest absolute Gasteiger partial charge is 0.261 e. The number of aromatic amines is 2. The van der Waals surface area contributed by atoms with E-state index >= 15 is 0 Å². The molecule has 4 aromatic carbocycles. The maximum Gasteiger partial charge on any atom is 0.261 e. The topological polar surface area (TPSA) is 150 Å². The second-order valence-corrected chi connectivity index (χ2v) is 11.8. The number of H-pyrrole nitrogens is 2. The van der Waals surface area contributed by atoms with Gasteiger partial charge in [0.15, 0.2) is 0 Å². The molecule has 0 fully saturated rings. The van der Waals surface area contributed by atoms with Gasteiger partial charge >= 0.3 is 0 Å². The molecule has 6 rings (SSSR count). The van der Waals surface area contributed by atoms with Gasteiger partial charge in [0.05, 0.1) is 33.2 Å². The Morgan fingerprint density at radius 1 is 0.575 bits per heavy atom. The van der Waals surface area contributed by atoms with Crippen LogP contribution in [-0.4, -0.2) is 37.2 Å². The van der Waals surface area contributed by atoms with Gasteiger partial charge in [-0.15, -0.1) is 0 Å². The van der Waals surface area contributed by atoms with Gasteiger partial charge in [-0.2, -0.15) is 10.2 Å². The van der Waals surface area contributed by atoms with Gasteiger partial charge in [-0.1, -0.05) is 12.1 Å². The lowest BCUT2D eigenvalue weighted by Crippen LogP contribution is -2.13. The number of hydrogen-bond donors (Lipinski definition) is 4. The molecule has 0 aliphatic rings. The van der Waals surface area contributed by atoms with Gasteiger partial charge in [-0.05, 0) is 72.8 Å². The summed E-state index contributed by atoms with van der Waals surface area (Å²) in [6.45, 7) is 0. The Bertz CT molecular complexity index is 1900. The molecule has 0 saturated carbocycles. The highest BCUT2D eigenvalue weighted by Crippen LogP contribution is 2.22. The van der Waals surface area contributed by atoms with E-state index in [-0.39, 0.29) is 9.79 Å². The number of hydrogen-bond acceptors (Lipinski definition) is 6. The lowest BCUT2D eigenvalue weighted by Gasteiger charge is -2.08. The van der Waals surface area contributed by atoms with Gasteiger partial charge in [-0.25, -0.2) is 25.6 Å². The highest BCUT2D eigenvalue weighted by Gasteiger charge is 2.16. The Kier molecular flexibility index (Phi) is 7.19. The second-order valence-electron chi connectivity index (χ2n) is 8.47. The summed E-state index contributed by atoms with van der Waals surface area (Å²) in [5, 5.41) is 14.8. The monoisotopic (exact) mass is 582 g/mol. The van der Waals surface area contributed by atoms with E-state index in [1.165, 1.54) is 36.4 Å². The van der Waals surface area contributed by atoms with Crippen LogP contribution in [0.3, 0.4) is 0 Å². The first kappa shape index (κ1) is 26.8. The van der Waals surface area contributed by atoms with E-state index in [1.54, 1.807) is 48.8 Å². The van der Waals surface area contributed by atoms with Crippen molar-refractivity contribution in [3.8, 4) is 0 Å². The van der Waals surface area contributed by atoms with Crippen molar-refractivity contribution in [3.63, 3.8) is 0 Å². The van der Waals surface area contributed by atoms with Crippen LogP contribution in [0, 0.1) is 11.6 Å². The fraction of sp³-hybridized carbons (Fsp3) is 0. The van der Waals surface area contributed by atoms with Crippen molar-refractivity contribution in [1.82, 2.24) is 20.4 Å². The van der Waals surface area contributed by atoms with Gasteiger partial charge in [0.25, 0.3) is 20.0 Å². The zero-order chi connectivity index (χ0) is 28.3. The number of nitrogens with one attached hydrogen (secondary N) is 4. The highest BCUT2D eigenvalue weighted by molar-refractivity contribution is 7.93. The first-order valence-corrected chi connectivity index (χ1v) is 14.5. The molecule has 0 amide bonds. The zero-order valence-electron chi connectivity index (χ0n) is 20.3. The molecular weight excluding hydrogens is 562 g/mol. The van der Waals surface area contributed by atoms with Crippen molar-refractivity contribution in [2.75, 3.05) is 9.44 Å². The third kappa shape index (κ3) is 6.08. The summed E-state index contributed by atoms with van der Waals surface area (Å²) in [4.78, 5) is -0.241. The van der Waals surface area contributed by atoms with Crippen LogP contribution in [0.2, 0.25) is 0 Å². The Morgan fingerprint density at radius 3 is 1.40 bits per heavy atom. The molecule has 0 spiro atoms. The average molecular weight is 583 g/mol. The number of benzene rings is 4. The minimum Gasteiger partial charge on any atom is -0.280 e. The molecule has 2 heterocycles. The van der Waals surface area contributed by atoms with Gasteiger partial charge in [0, 0.05) is 22.1 Å². The summed E-state index contributed by atoms with van der Waals surface area (Å²) in [6, 6.07) is 19.6. The summed E-state index contributed by atoms with van der Waals surface area (Å²) >= 11 is 0. The Balaban J connectivity index is 0.000000161. The van der Waals surface area contributed by atoms with Crippen molar-refractivity contribution in [1.29, 1.82) is 0 Å². The normalized spacial score (nSPS) is 11.7. The molecule has 204 valence electrons. The molecule has 0 saturated heterocycles. The molecule has 40 heavy (non-hydrogen) atoms. The summed E-state index contributed by atoms with van der Waals surface area (Å²) in [6.07, 6.45) is 3.19. The van der Waals surface area contributed by atoms with E-state index in [0.29, 0.717) is 11.4 Å². The minimum absolute atomic E-state index is 0.121. The fourth-order valence-electron chi connectivity index (χ4n) is 3.71. The molecule has 14 heteroatoms. The highest BCUT2D eigenvalue weighted by atomic mass is 32.2. The van der Waals surface area contributed by atoms with Gasteiger partial charge in [0.1, 0.15) is 11.6 Å². The molecule has 2 aromatic heterocycles. The average Bonchev–Trinajstić information content (AvgIpc) is 3.57. The standard InChI is InChI=1S/2C13H10FN3O2S/c2*14-10-2-1-3-12(7-10)20(18,19)17-11-4-5-13-9(6-11)8-15-16-13/h2*1-8,17H,(H,15,16). The summed E-state index contributed by atoms with van der Waals surface area (Å²) in [5.41, 5.74) is 2.39. The third-order valence-electron chi connectivity index (χ3n) is 5.60. The van der Waals surface area contributed by atoms with Crippen molar-refractivity contribution in [3.05, 3.63) is 109 Å². The molecular formula is C26H20F2N6O4S2. The Labute approximate surface area is 227 Å². The number of halogens is 2. The summed E-state index contributed by atoms with van der Waals surface area (Å²) in [7, 11) is -7.62. The van der Waals surface area contributed by atoms with E-state index in [1.807, 2.05) is 0 Å². The Hall–Kier alpha value is -4.82. The van der Waals surface area contributed by atoms with Crippen LogP contribution in [0.15, 0.2) is 107 Å². The van der Waals surface area contributed by atoms with Crippen LogP contribution in [0.5, 0.6) is 0 Å². The molecule has 6 aromatic rings. The molecule has 4 N–H and O–H groups in total. The summed E-state index contributed by atoms with van der Waals surface area (Å²) < 4.78 is 79.5. The number of rotatable bonds is 6. The van der Waals surface area contributed by atoms with Gasteiger partial charge < -0.3 is 0 Å². The van der Waals surface area contributed by atoms with E-state index in [4.69, 9.17) is 0 Å². The van der Waals surface area contributed by atoms with Crippen LogP contribution in [0.1, 0.15) is 0 Å². The predicted molar refractivity (Wildman–Crippen MR) is 147 cm³/mol. The van der Waals surface area contributed by atoms with Gasteiger partial charge in [0.2, 0.25) is 0 Å². The number of fused-ring (bicyclic) bond motifs is 2. The lowest BCUT2D eigenvalue weighted by molar-refractivity contribution is 0.594. The zero-order valence-corrected chi connectivity index (χ0v) is 22.0. The number of nitrogens with zero attached hydrogens (tertiary/aromatic N) is 2. The quantitative estimate of drug-likeness (QED) is 0.217. The number of anilines is 2. The number of aromatic nitrogens is 4. The van der Waals surface area contributed by atoms with Crippen molar-refractivity contribution < 1.29 is 25.6 Å². The molecule has 0 bridgehead atoms. The molecule has 0 radical (unpaired) electrons. The fourth-order valence-corrected chi connectivity index (χ4v) is 5.87. The summed E-state index contributed by atoms with van der Waals surface area (Å²) in [5.74, 6) is -1.20. The molecule has 0 unspecified atom stereocenters. The SMILES string of the molecule is O=S(=O)(Nc1ccc2[nH]ncc2c1)c1cccc(F)c1.O=S(=O)(Nc1ccc2[nH]ncc2c1)c1cccc(F)c1. The van der Waals surface area contributed by atoms with E-state index in [0.717, 1.165) is 33.9 Å². The first-order chi connectivity index (χ1) is 19.1. The van der Waals surface area contributed by atoms with Crippen LogP contribution in [-0.2, 0) is 20.0 Å². The molecule has 10 nitrogen and oxygen atoms in total. The lowest BCUT2D eigenvalue weighted by atomic mass is 10.2. The molecule has 0 aliphatic carbocycles. The maximum absolute atomic E-state index is 13.1. The van der Waals surface area contributed by atoms with Crippen LogP contribution in [0.25, 0.3) is 21.8 Å². The third-order valence-corrected chi connectivity index (χ3v) is 8.36. The van der Waals surface area contributed by atoms with Crippen molar-refractivity contribution in [2.45, 2.75) is 9.79 Å². The molecule has 0 aliphatic heterocycles. The van der Waals surface area contributed by atoms with Crippen molar-refractivity contribution in [2.24, 2.45) is 0 Å². The minimum atomic E-state index is -3.81. The predicted octanol–water partition coefficient (Wildman–Crippen LogP) is 5.01. The van der Waals surface area contributed by atoms with E-state index in [9.17, 15) is 25.6 Å². The maximum atomic E-state index is 13.1. The number of sulfonamides is 2. The molecule has 0 atom stereocenters. The van der Waals surface area contributed by atoms with Crippen molar-refractivity contribution >= 4 is 53.2 Å². The van der Waals surface area contributed by atoms with Crippen LogP contribution >= 0.6 is 0 Å². The van der Waals surface area contributed by atoms with Crippen LogP contribution < -0.4 is 9.44 Å². The largest absolute Gasteiger partial charge is 0.280 e. The van der Waals surface area contributed by atoms with Gasteiger partial charge in [-0.3, -0.25) is 19.6 Å². The Morgan fingerprint density at radius 2 is 1.00 bits per heavy atom.